The van der Waals surface area contributed by atoms with Gasteiger partial charge in [-0.3, -0.25) is 0 Å². The molecule has 0 saturated heterocycles. The Kier molecular flexibility index (Phi) is 8.30. The van der Waals surface area contributed by atoms with E-state index in [-0.39, 0.29) is 10.8 Å². The third-order valence-corrected chi connectivity index (χ3v) is 14.3. The Morgan fingerprint density at radius 1 is 0.531 bits per heavy atom. The second-order valence-corrected chi connectivity index (χ2v) is 18.5. The predicted molar refractivity (Wildman–Crippen MR) is 271 cm³/mol. The van der Waals surface area contributed by atoms with Crippen molar-refractivity contribution in [1.29, 1.82) is 0 Å². The molecule has 0 unspecified atom stereocenters. The molecule has 0 N–H and O–H groups in total. The van der Waals surface area contributed by atoms with Gasteiger partial charge in [0.2, 0.25) is 0 Å². The van der Waals surface area contributed by atoms with Crippen LogP contribution in [-0.2, 0) is 10.8 Å². The molecule has 0 atom stereocenters. The lowest BCUT2D eigenvalue weighted by Gasteiger charge is -2.28. The van der Waals surface area contributed by atoms with E-state index in [2.05, 4.69) is 227 Å². The van der Waals surface area contributed by atoms with Crippen LogP contribution in [0.3, 0.4) is 0 Å². The minimum absolute atomic E-state index is 0.0915. The Morgan fingerprint density at radius 3 is 2.05 bits per heavy atom. The van der Waals surface area contributed by atoms with Crippen molar-refractivity contribution < 1.29 is 4.42 Å². The molecular weight excluding hydrogens is 777 g/mol. The van der Waals surface area contributed by atoms with Crippen molar-refractivity contribution in [2.24, 2.45) is 0 Å². The lowest BCUT2D eigenvalue weighted by atomic mass is 9.81. The largest absolute Gasteiger partial charge is 0.454 e. The molecule has 2 heterocycles. The molecule has 0 spiro atoms. The summed E-state index contributed by atoms with van der Waals surface area (Å²) in [4.78, 5) is 2.37. The molecule has 8 aromatic carbocycles. The van der Waals surface area contributed by atoms with E-state index in [1.165, 1.54) is 71.9 Å². The van der Waals surface area contributed by atoms with E-state index in [1.54, 1.807) is 0 Å². The highest BCUT2D eigenvalue weighted by atomic mass is 16.3. The number of hydrogen-bond acceptors (Lipinski definition) is 2. The van der Waals surface area contributed by atoms with Gasteiger partial charge in [-0.1, -0.05) is 150 Å². The fourth-order valence-corrected chi connectivity index (χ4v) is 11.2. The van der Waals surface area contributed by atoms with Crippen molar-refractivity contribution in [3.63, 3.8) is 0 Å². The topological polar surface area (TPSA) is 21.3 Å². The van der Waals surface area contributed by atoms with Gasteiger partial charge in [-0.05, 0) is 135 Å². The van der Waals surface area contributed by atoms with Gasteiger partial charge in [-0.2, -0.15) is 0 Å². The summed E-state index contributed by atoms with van der Waals surface area (Å²) in [6.07, 6.45) is 6.31. The van der Waals surface area contributed by atoms with E-state index >= 15 is 0 Å². The summed E-state index contributed by atoms with van der Waals surface area (Å²) in [6, 6.07) is 62.5. The van der Waals surface area contributed by atoms with Crippen molar-refractivity contribution in [3.8, 4) is 27.9 Å². The summed E-state index contributed by atoms with van der Waals surface area (Å²) in [6.45, 7) is 15.6. The van der Waals surface area contributed by atoms with Gasteiger partial charge >= 0.3 is 0 Å². The molecule has 10 aromatic rings. The number of rotatable bonds is 6. The molecule has 308 valence electrons. The Balaban J connectivity index is 1.02. The van der Waals surface area contributed by atoms with Gasteiger partial charge in [0.25, 0.3) is 0 Å². The van der Waals surface area contributed by atoms with Crippen LogP contribution >= 0.6 is 0 Å². The molecule has 3 heteroatoms. The zero-order chi connectivity index (χ0) is 43.5. The highest BCUT2D eigenvalue weighted by Gasteiger charge is 2.39. The number of allylic oxidation sites excluding steroid dienone is 5. The Labute approximate surface area is 374 Å². The molecule has 0 fully saturated rings. The number of nitrogens with zero attached hydrogens (tertiary/aromatic N) is 2. The molecule has 64 heavy (non-hydrogen) atoms. The summed E-state index contributed by atoms with van der Waals surface area (Å²) >= 11 is 0. The molecule has 3 nitrogen and oxygen atoms in total. The zero-order valence-corrected chi connectivity index (χ0v) is 36.9. The van der Waals surface area contributed by atoms with Gasteiger partial charge in [0.15, 0.2) is 5.58 Å². The molecule has 0 saturated carbocycles. The molecular formula is C61H48N2O. The number of benzene rings is 8. The first-order chi connectivity index (χ1) is 31.2. The SMILES string of the molecule is C=C/C=C1\C(=C/C)c2ccc(N(c3ccc(-c4ccc5c(c4)c4cc6c(cc4n5-c4ccccc4)C(C)(C)c4ccccc4-6)cc3)c3cccc4c3oc3ccccc34)cc2C1(C)C. The van der Waals surface area contributed by atoms with Gasteiger partial charge in [-0.25, -0.2) is 0 Å². The van der Waals surface area contributed by atoms with Gasteiger partial charge in [0, 0.05) is 49.4 Å². The van der Waals surface area contributed by atoms with Crippen LogP contribution in [0.25, 0.3) is 77.3 Å². The number of furan rings is 1. The molecule has 2 aliphatic carbocycles. The van der Waals surface area contributed by atoms with E-state index in [0.717, 1.165) is 50.3 Å². The molecule has 0 amide bonds. The lowest BCUT2D eigenvalue weighted by molar-refractivity contribution is 0.660. The highest BCUT2D eigenvalue weighted by Crippen LogP contribution is 2.53. The number of fused-ring (bicyclic) bond motifs is 10. The summed E-state index contributed by atoms with van der Waals surface area (Å²) < 4.78 is 9.16. The molecule has 0 radical (unpaired) electrons. The van der Waals surface area contributed by atoms with Gasteiger partial charge in [0.1, 0.15) is 5.58 Å². The van der Waals surface area contributed by atoms with Crippen LogP contribution in [-0.4, -0.2) is 4.57 Å². The van der Waals surface area contributed by atoms with Crippen molar-refractivity contribution in [3.05, 3.63) is 222 Å². The van der Waals surface area contributed by atoms with Crippen molar-refractivity contribution in [1.82, 2.24) is 4.57 Å². The average molecular weight is 825 g/mol. The van der Waals surface area contributed by atoms with E-state index in [1.807, 2.05) is 12.1 Å². The van der Waals surface area contributed by atoms with Gasteiger partial charge in [-0.15, -0.1) is 0 Å². The Bertz CT molecular complexity index is 3630. The van der Waals surface area contributed by atoms with Gasteiger partial charge < -0.3 is 13.9 Å². The highest BCUT2D eigenvalue weighted by molar-refractivity contribution is 6.13. The lowest BCUT2D eigenvalue weighted by Crippen LogP contribution is -2.16. The Morgan fingerprint density at radius 2 is 1.23 bits per heavy atom. The van der Waals surface area contributed by atoms with E-state index in [4.69, 9.17) is 4.42 Å². The summed E-state index contributed by atoms with van der Waals surface area (Å²) in [5.74, 6) is 0. The monoisotopic (exact) mass is 824 g/mol. The fourth-order valence-electron chi connectivity index (χ4n) is 11.2. The quantitative estimate of drug-likeness (QED) is 0.167. The maximum atomic E-state index is 6.71. The number of anilines is 3. The van der Waals surface area contributed by atoms with E-state index < -0.39 is 0 Å². The van der Waals surface area contributed by atoms with Gasteiger partial charge in [0.05, 0.1) is 16.7 Å². The second-order valence-electron chi connectivity index (χ2n) is 18.5. The van der Waals surface area contributed by atoms with E-state index in [9.17, 15) is 0 Å². The molecule has 0 aliphatic heterocycles. The van der Waals surface area contributed by atoms with E-state index in [0.29, 0.717) is 0 Å². The number of aromatic nitrogens is 1. The van der Waals surface area contributed by atoms with Crippen LogP contribution in [0.1, 0.15) is 56.9 Å². The first-order valence-electron chi connectivity index (χ1n) is 22.4. The van der Waals surface area contributed by atoms with Crippen LogP contribution in [0.2, 0.25) is 0 Å². The van der Waals surface area contributed by atoms with Crippen LogP contribution in [0.15, 0.2) is 205 Å². The van der Waals surface area contributed by atoms with Crippen LogP contribution < -0.4 is 4.90 Å². The molecule has 2 aromatic heterocycles. The summed E-state index contributed by atoms with van der Waals surface area (Å²) in [5, 5.41) is 4.72. The zero-order valence-electron chi connectivity index (χ0n) is 36.9. The third-order valence-electron chi connectivity index (χ3n) is 14.3. The smallest absolute Gasteiger partial charge is 0.159 e. The van der Waals surface area contributed by atoms with Crippen molar-refractivity contribution in [2.75, 3.05) is 4.90 Å². The van der Waals surface area contributed by atoms with Crippen LogP contribution in [0.4, 0.5) is 17.1 Å². The molecule has 2 aliphatic rings. The fraction of sp³-hybridized carbons (Fsp3) is 0.115. The first-order valence-corrected chi connectivity index (χ1v) is 22.4. The van der Waals surface area contributed by atoms with Crippen molar-refractivity contribution in [2.45, 2.75) is 45.4 Å². The molecule has 0 bridgehead atoms. The second kappa shape index (κ2) is 13.9. The Hall–Kier alpha value is -7.62. The normalized spacial score (nSPS) is 16.0. The van der Waals surface area contributed by atoms with Crippen molar-refractivity contribution >= 4 is 66.4 Å². The standard InChI is InChI=1S/C61H48N2O/c1-7-17-51-43(8-2)45-32-31-42(35-53(45)60(51,3)4)62(56-24-16-22-47-46-21-13-15-25-58(46)64-59(47)56)41-29-26-38(27-30-41)39-28-33-55-49(34-39)50-36-48-44-20-12-14-23-52(44)61(5,6)54(48)37-57(50)63(55)40-18-10-9-11-19-40/h7-37H,1H2,2-6H3/b43-8-,51-17+. The van der Waals surface area contributed by atoms with Crippen LogP contribution in [0, 0.1) is 0 Å². The minimum atomic E-state index is -0.204. The number of hydrogen-bond donors (Lipinski definition) is 0. The summed E-state index contributed by atoms with van der Waals surface area (Å²) in [5.41, 5.74) is 21.1. The maximum absolute atomic E-state index is 6.71. The van der Waals surface area contributed by atoms with Crippen LogP contribution in [0.5, 0.6) is 0 Å². The minimum Gasteiger partial charge on any atom is -0.454 e. The molecule has 12 rings (SSSR count). The maximum Gasteiger partial charge on any atom is 0.159 e. The predicted octanol–water partition coefficient (Wildman–Crippen LogP) is 16.9. The average Bonchev–Trinajstić information content (AvgIpc) is 3.99. The number of para-hydroxylation sites is 3. The summed E-state index contributed by atoms with van der Waals surface area (Å²) in [7, 11) is 0. The first kappa shape index (κ1) is 38.1. The third kappa shape index (κ3) is 5.40.